The first kappa shape index (κ1) is 11.3. The van der Waals surface area contributed by atoms with E-state index in [1.54, 1.807) is 18.2 Å². The van der Waals surface area contributed by atoms with Crippen molar-refractivity contribution in [1.82, 2.24) is 0 Å². The van der Waals surface area contributed by atoms with Gasteiger partial charge in [-0.2, -0.15) is 0 Å². The molecule has 0 radical (unpaired) electrons. The SMILES string of the molecule is CCC1COc2ccc(C(=O)OBr)cc2O1. The summed E-state index contributed by atoms with van der Waals surface area (Å²) in [5, 5.41) is 0. The van der Waals surface area contributed by atoms with Crippen molar-refractivity contribution < 1.29 is 18.1 Å². The number of carbonyl (C=O) groups is 1. The predicted octanol–water partition coefficient (Wildman–Crippen LogP) is 2.70. The monoisotopic (exact) mass is 286 g/mol. The lowest BCUT2D eigenvalue weighted by atomic mass is 10.2. The van der Waals surface area contributed by atoms with Crippen molar-refractivity contribution in [3.05, 3.63) is 23.8 Å². The van der Waals surface area contributed by atoms with Gasteiger partial charge in [0.2, 0.25) is 0 Å². The van der Waals surface area contributed by atoms with E-state index in [0.29, 0.717) is 23.7 Å². The first-order valence-electron chi connectivity index (χ1n) is 5.01. The molecule has 1 atom stereocenters. The molecule has 86 valence electrons. The zero-order chi connectivity index (χ0) is 11.5. The first-order chi connectivity index (χ1) is 7.74. The highest BCUT2D eigenvalue weighted by Gasteiger charge is 2.21. The van der Waals surface area contributed by atoms with E-state index >= 15 is 0 Å². The Morgan fingerprint density at radius 3 is 3.06 bits per heavy atom. The van der Waals surface area contributed by atoms with Crippen LogP contribution in [0.1, 0.15) is 23.7 Å². The van der Waals surface area contributed by atoms with Gasteiger partial charge in [-0.1, -0.05) is 6.92 Å². The molecule has 0 amide bonds. The van der Waals surface area contributed by atoms with Gasteiger partial charge in [0.1, 0.15) is 12.7 Å². The molecule has 0 fully saturated rings. The van der Waals surface area contributed by atoms with E-state index in [1.165, 1.54) is 0 Å². The quantitative estimate of drug-likeness (QED) is 0.839. The minimum Gasteiger partial charge on any atom is -0.486 e. The molecule has 0 saturated carbocycles. The second-order valence-corrected chi connectivity index (χ2v) is 3.81. The van der Waals surface area contributed by atoms with Gasteiger partial charge in [0.05, 0.1) is 5.56 Å². The maximum Gasteiger partial charge on any atom is 0.349 e. The van der Waals surface area contributed by atoms with Crippen LogP contribution in [0, 0.1) is 0 Å². The summed E-state index contributed by atoms with van der Waals surface area (Å²) in [6, 6.07) is 4.97. The van der Waals surface area contributed by atoms with Crippen molar-refractivity contribution >= 4 is 22.2 Å². The summed E-state index contributed by atoms with van der Waals surface area (Å²) in [4.78, 5) is 11.3. The van der Waals surface area contributed by atoms with Crippen LogP contribution in [0.2, 0.25) is 0 Å². The largest absolute Gasteiger partial charge is 0.486 e. The maximum absolute atomic E-state index is 11.3. The minimum atomic E-state index is -0.454. The molecule has 0 spiro atoms. The number of carbonyl (C=O) groups excluding carboxylic acids is 1. The highest BCUT2D eigenvalue weighted by Crippen LogP contribution is 2.33. The fraction of sp³-hybridized carbons (Fsp3) is 0.364. The van der Waals surface area contributed by atoms with Gasteiger partial charge in [-0.3, -0.25) is 0 Å². The number of benzene rings is 1. The summed E-state index contributed by atoms with van der Waals surface area (Å²) >= 11 is 2.65. The molecule has 0 saturated heterocycles. The van der Waals surface area contributed by atoms with Crippen LogP contribution in [0.25, 0.3) is 0 Å². The number of hydrogen-bond donors (Lipinski definition) is 0. The number of ether oxygens (including phenoxy) is 2. The molecule has 1 heterocycles. The molecule has 1 aliphatic heterocycles. The van der Waals surface area contributed by atoms with Crippen LogP contribution < -0.4 is 9.47 Å². The standard InChI is InChI=1S/C11H11BrO4/c1-2-8-6-14-9-4-3-7(11(13)16-12)5-10(9)15-8/h3-5,8H,2,6H2,1H3. The molecule has 16 heavy (non-hydrogen) atoms. The molecular weight excluding hydrogens is 276 g/mol. The fourth-order valence-electron chi connectivity index (χ4n) is 1.49. The second kappa shape index (κ2) is 4.74. The van der Waals surface area contributed by atoms with Gasteiger partial charge in [0, 0.05) is 0 Å². The molecule has 0 N–H and O–H groups in total. The van der Waals surface area contributed by atoms with Crippen molar-refractivity contribution in [3.63, 3.8) is 0 Å². The molecule has 0 bridgehead atoms. The van der Waals surface area contributed by atoms with Gasteiger partial charge < -0.3 is 13.3 Å². The summed E-state index contributed by atoms with van der Waals surface area (Å²) in [5.74, 6) is 0.800. The number of halogens is 1. The van der Waals surface area contributed by atoms with Crippen molar-refractivity contribution in [2.45, 2.75) is 19.4 Å². The minimum absolute atomic E-state index is 0.0442. The maximum atomic E-state index is 11.3. The Hall–Kier alpha value is -1.23. The van der Waals surface area contributed by atoms with Crippen LogP contribution in [-0.4, -0.2) is 18.7 Å². The Morgan fingerprint density at radius 2 is 2.38 bits per heavy atom. The third kappa shape index (κ3) is 2.14. The molecule has 0 aromatic heterocycles. The molecule has 1 aromatic carbocycles. The molecule has 1 aromatic rings. The average molecular weight is 287 g/mol. The average Bonchev–Trinajstić information content (AvgIpc) is 2.36. The molecule has 5 heteroatoms. The Labute approximate surface area is 102 Å². The molecule has 4 nitrogen and oxygen atoms in total. The Balaban J connectivity index is 2.27. The normalized spacial score (nSPS) is 18.0. The van der Waals surface area contributed by atoms with Crippen LogP contribution >= 0.6 is 16.3 Å². The molecular formula is C11H11BrO4. The van der Waals surface area contributed by atoms with Crippen molar-refractivity contribution in [1.29, 1.82) is 0 Å². The lowest BCUT2D eigenvalue weighted by Crippen LogP contribution is -2.28. The molecule has 1 aliphatic rings. The predicted molar refractivity (Wildman–Crippen MR) is 61.0 cm³/mol. The van der Waals surface area contributed by atoms with Gasteiger partial charge in [0.15, 0.2) is 27.8 Å². The number of fused-ring (bicyclic) bond motifs is 1. The summed E-state index contributed by atoms with van der Waals surface area (Å²) in [5.41, 5.74) is 0.427. The summed E-state index contributed by atoms with van der Waals surface area (Å²) in [6.45, 7) is 2.57. The van der Waals surface area contributed by atoms with E-state index < -0.39 is 5.97 Å². The summed E-state index contributed by atoms with van der Waals surface area (Å²) < 4.78 is 15.6. The van der Waals surface area contributed by atoms with Gasteiger partial charge >= 0.3 is 5.97 Å². The van der Waals surface area contributed by atoms with E-state index in [9.17, 15) is 4.79 Å². The third-order valence-corrected chi connectivity index (χ3v) is 2.72. The van der Waals surface area contributed by atoms with Crippen LogP contribution in [-0.2, 0) is 3.83 Å². The number of rotatable bonds is 2. The van der Waals surface area contributed by atoms with Gasteiger partial charge in [-0.15, -0.1) is 0 Å². The molecule has 1 unspecified atom stereocenters. The summed E-state index contributed by atoms with van der Waals surface area (Å²) in [7, 11) is 0. The van der Waals surface area contributed by atoms with Crippen LogP contribution in [0.3, 0.4) is 0 Å². The fourth-order valence-corrected chi connectivity index (χ4v) is 1.68. The zero-order valence-corrected chi connectivity index (χ0v) is 10.3. The van der Waals surface area contributed by atoms with E-state index in [0.717, 1.165) is 6.42 Å². The van der Waals surface area contributed by atoms with E-state index in [1.807, 2.05) is 6.92 Å². The topological polar surface area (TPSA) is 44.8 Å². The van der Waals surface area contributed by atoms with Crippen molar-refractivity contribution in [2.24, 2.45) is 0 Å². The molecule has 2 rings (SSSR count). The second-order valence-electron chi connectivity index (χ2n) is 3.49. The lowest BCUT2D eigenvalue weighted by Gasteiger charge is -2.25. The van der Waals surface area contributed by atoms with E-state index in [4.69, 9.17) is 9.47 Å². The van der Waals surface area contributed by atoms with Gasteiger partial charge in [-0.05, 0) is 24.6 Å². The highest BCUT2D eigenvalue weighted by atomic mass is 79.9. The van der Waals surface area contributed by atoms with E-state index in [2.05, 4.69) is 20.1 Å². The molecule has 0 aliphatic carbocycles. The van der Waals surface area contributed by atoms with Crippen LogP contribution in [0.5, 0.6) is 11.5 Å². The first-order valence-corrected chi connectivity index (χ1v) is 5.65. The van der Waals surface area contributed by atoms with Crippen LogP contribution in [0.15, 0.2) is 18.2 Å². The van der Waals surface area contributed by atoms with Gasteiger partial charge in [0.25, 0.3) is 0 Å². The smallest absolute Gasteiger partial charge is 0.349 e. The Kier molecular flexibility index (Phi) is 3.33. The van der Waals surface area contributed by atoms with E-state index in [-0.39, 0.29) is 6.10 Å². The van der Waals surface area contributed by atoms with Crippen molar-refractivity contribution in [2.75, 3.05) is 6.61 Å². The van der Waals surface area contributed by atoms with Crippen molar-refractivity contribution in [3.8, 4) is 11.5 Å². The Bertz CT molecular complexity index is 405. The summed E-state index contributed by atoms with van der Waals surface area (Å²) in [6.07, 6.45) is 0.912. The lowest BCUT2D eigenvalue weighted by molar-refractivity contribution is 0.0771. The van der Waals surface area contributed by atoms with Crippen LogP contribution in [0.4, 0.5) is 0 Å². The third-order valence-electron chi connectivity index (χ3n) is 2.42. The highest BCUT2D eigenvalue weighted by molar-refractivity contribution is 9.06. The zero-order valence-electron chi connectivity index (χ0n) is 8.73. The van der Waals surface area contributed by atoms with Gasteiger partial charge in [-0.25, -0.2) is 4.79 Å². The number of hydrogen-bond acceptors (Lipinski definition) is 4. The Morgan fingerprint density at radius 1 is 1.56 bits per heavy atom.